The number of ether oxygens (including phenoxy) is 2. The Morgan fingerprint density at radius 1 is 1.04 bits per heavy atom. The van der Waals surface area contributed by atoms with Crippen molar-refractivity contribution in [2.24, 2.45) is 0 Å². The van der Waals surface area contributed by atoms with Gasteiger partial charge < -0.3 is 9.47 Å². The largest absolute Gasteiger partial charge is 0.454 e. The van der Waals surface area contributed by atoms with Crippen LogP contribution in [0.3, 0.4) is 0 Å². The number of hydrogen-bond donors (Lipinski definition) is 0. The molecule has 5 rings (SSSR count). The minimum Gasteiger partial charge on any atom is -0.454 e. The summed E-state index contributed by atoms with van der Waals surface area (Å²) < 4.78 is 13.4. The average Bonchev–Trinajstić information content (AvgIpc) is 3.29. The first kappa shape index (κ1) is 13.9. The molecule has 0 amide bonds. The van der Waals surface area contributed by atoms with Gasteiger partial charge in [0.05, 0.1) is 0 Å². The van der Waals surface area contributed by atoms with Crippen molar-refractivity contribution >= 4 is 32.2 Å². The van der Waals surface area contributed by atoms with E-state index in [2.05, 4.69) is 36.2 Å². The summed E-state index contributed by atoms with van der Waals surface area (Å²) in [4.78, 5) is 4.90. The number of halogens is 1. The highest BCUT2D eigenvalue weighted by Crippen LogP contribution is 2.36. The van der Waals surface area contributed by atoms with Crippen molar-refractivity contribution in [1.82, 2.24) is 24.8 Å². The summed E-state index contributed by atoms with van der Waals surface area (Å²) >= 11 is 4.89. The number of nitrogens with zero attached hydrogens (tertiary/aromatic N) is 5. The molecule has 0 atom stereocenters. The number of aromatic nitrogens is 5. The van der Waals surface area contributed by atoms with Crippen LogP contribution >= 0.6 is 27.3 Å². The Balaban J connectivity index is 1.63. The molecule has 1 aromatic carbocycles. The van der Waals surface area contributed by atoms with Crippen LogP contribution in [0.2, 0.25) is 0 Å². The second kappa shape index (κ2) is 5.25. The summed E-state index contributed by atoms with van der Waals surface area (Å²) in [6, 6.07) is 7.64. The van der Waals surface area contributed by atoms with Crippen LogP contribution in [0.5, 0.6) is 11.5 Å². The summed E-state index contributed by atoms with van der Waals surface area (Å²) in [7, 11) is 0. The lowest BCUT2D eigenvalue weighted by Crippen LogP contribution is -1.93. The van der Waals surface area contributed by atoms with Crippen LogP contribution in [0, 0.1) is 0 Å². The Hall–Kier alpha value is -2.52. The van der Waals surface area contributed by atoms with E-state index in [1.807, 2.05) is 24.3 Å². The molecule has 0 bridgehead atoms. The van der Waals surface area contributed by atoms with Crippen molar-refractivity contribution in [2.75, 3.05) is 6.79 Å². The first-order chi connectivity index (χ1) is 11.8. The van der Waals surface area contributed by atoms with E-state index in [1.165, 1.54) is 11.3 Å². The Morgan fingerprint density at radius 3 is 2.88 bits per heavy atom. The van der Waals surface area contributed by atoms with Gasteiger partial charge in [-0.05, 0) is 40.2 Å². The minimum atomic E-state index is 0.241. The van der Waals surface area contributed by atoms with Crippen molar-refractivity contribution in [3.05, 3.63) is 41.1 Å². The molecule has 9 heteroatoms. The molecular formula is C15H8BrN5O2S. The number of hydrogen-bond acceptors (Lipinski definition) is 7. The standard InChI is InChI=1S/C15H8BrN5O2S/c16-10-3-9(5-17-6-10)14-20-21-13(18-19-15(21)24-14)8-1-2-11-12(4-8)23-7-22-11/h1-6H,7H2. The Morgan fingerprint density at radius 2 is 1.96 bits per heavy atom. The summed E-state index contributed by atoms with van der Waals surface area (Å²) in [5.74, 6) is 2.10. The van der Waals surface area contributed by atoms with Gasteiger partial charge in [-0.25, -0.2) is 0 Å². The van der Waals surface area contributed by atoms with Crippen LogP contribution in [-0.2, 0) is 0 Å². The van der Waals surface area contributed by atoms with Gasteiger partial charge in [0, 0.05) is 28.0 Å². The molecule has 118 valence electrons. The third-order valence-corrected chi connectivity index (χ3v) is 4.95. The normalized spacial score (nSPS) is 12.9. The van der Waals surface area contributed by atoms with Crippen molar-refractivity contribution in [3.8, 4) is 33.5 Å². The zero-order valence-corrected chi connectivity index (χ0v) is 14.4. The van der Waals surface area contributed by atoms with E-state index in [-0.39, 0.29) is 6.79 Å². The molecule has 4 aromatic rings. The van der Waals surface area contributed by atoms with Crippen molar-refractivity contribution < 1.29 is 9.47 Å². The van der Waals surface area contributed by atoms with Gasteiger partial charge in [-0.2, -0.15) is 9.61 Å². The van der Waals surface area contributed by atoms with E-state index in [4.69, 9.17) is 9.47 Å². The monoisotopic (exact) mass is 401 g/mol. The predicted molar refractivity (Wildman–Crippen MR) is 91.1 cm³/mol. The molecule has 0 N–H and O–H groups in total. The SMILES string of the molecule is Brc1cncc(-c2nn3c(-c4ccc5c(c4)OCO5)nnc3s2)c1. The predicted octanol–water partition coefficient (Wildman–Crippen LogP) is 3.41. The maximum Gasteiger partial charge on any atom is 0.235 e. The lowest BCUT2D eigenvalue weighted by Gasteiger charge is -2.00. The second-order valence-electron chi connectivity index (χ2n) is 5.09. The van der Waals surface area contributed by atoms with Crippen LogP contribution < -0.4 is 9.47 Å². The van der Waals surface area contributed by atoms with Crippen molar-refractivity contribution in [2.45, 2.75) is 0 Å². The van der Waals surface area contributed by atoms with Gasteiger partial charge in [-0.3, -0.25) is 4.98 Å². The fraction of sp³-hybridized carbons (Fsp3) is 0.0667. The van der Waals surface area contributed by atoms with Gasteiger partial charge in [0.2, 0.25) is 11.8 Å². The van der Waals surface area contributed by atoms with E-state index in [0.29, 0.717) is 11.6 Å². The van der Waals surface area contributed by atoms with Crippen LogP contribution in [0.25, 0.3) is 26.9 Å². The Bertz CT molecular complexity index is 1080. The molecule has 4 heterocycles. The summed E-state index contributed by atoms with van der Waals surface area (Å²) in [5.41, 5.74) is 1.80. The van der Waals surface area contributed by atoms with Crippen LogP contribution in [0.1, 0.15) is 0 Å². The molecule has 0 fully saturated rings. The van der Waals surface area contributed by atoms with Crippen LogP contribution in [0.15, 0.2) is 41.1 Å². The van der Waals surface area contributed by atoms with E-state index in [0.717, 1.165) is 31.3 Å². The van der Waals surface area contributed by atoms with E-state index >= 15 is 0 Å². The summed E-state index contributed by atoms with van der Waals surface area (Å²) in [6.07, 6.45) is 3.51. The average molecular weight is 402 g/mol. The van der Waals surface area contributed by atoms with Gasteiger partial charge >= 0.3 is 0 Å². The first-order valence-electron chi connectivity index (χ1n) is 7.01. The number of benzene rings is 1. The van der Waals surface area contributed by atoms with Gasteiger partial charge in [0.25, 0.3) is 0 Å². The number of pyridine rings is 1. The smallest absolute Gasteiger partial charge is 0.235 e. The van der Waals surface area contributed by atoms with Crippen molar-refractivity contribution in [1.29, 1.82) is 0 Å². The van der Waals surface area contributed by atoms with Crippen molar-refractivity contribution in [3.63, 3.8) is 0 Å². The van der Waals surface area contributed by atoms with E-state index in [1.54, 1.807) is 16.9 Å². The van der Waals surface area contributed by atoms with Gasteiger partial charge in [0.15, 0.2) is 17.3 Å². The zero-order chi connectivity index (χ0) is 16.1. The molecular weight excluding hydrogens is 394 g/mol. The fourth-order valence-electron chi connectivity index (χ4n) is 2.48. The first-order valence-corrected chi connectivity index (χ1v) is 8.62. The molecule has 3 aromatic heterocycles. The minimum absolute atomic E-state index is 0.241. The highest BCUT2D eigenvalue weighted by molar-refractivity contribution is 9.10. The highest BCUT2D eigenvalue weighted by atomic mass is 79.9. The van der Waals surface area contributed by atoms with E-state index in [9.17, 15) is 0 Å². The quantitative estimate of drug-likeness (QED) is 0.512. The molecule has 0 saturated heterocycles. The summed E-state index contributed by atoms with van der Waals surface area (Å²) in [6.45, 7) is 0.241. The maximum atomic E-state index is 5.43. The molecule has 1 aliphatic heterocycles. The fourth-order valence-corrected chi connectivity index (χ4v) is 3.66. The lowest BCUT2D eigenvalue weighted by molar-refractivity contribution is 0.174. The molecule has 0 aliphatic carbocycles. The third-order valence-electron chi connectivity index (χ3n) is 3.57. The topological polar surface area (TPSA) is 74.4 Å². The highest BCUT2D eigenvalue weighted by Gasteiger charge is 2.18. The lowest BCUT2D eigenvalue weighted by atomic mass is 10.2. The molecule has 0 saturated carbocycles. The molecule has 0 radical (unpaired) electrons. The molecule has 0 spiro atoms. The third kappa shape index (κ3) is 2.16. The number of fused-ring (bicyclic) bond motifs is 2. The summed E-state index contributed by atoms with van der Waals surface area (Å²) in [5, 5.41) is 13.9. The Labute approximate surface area is 148 Å². The molecule has 24 heavy (non-hydrogen) atoms. The second-order valence-corrected chi connectivity index (χ2v) is 6.96. The Kier molecular flexibility index (Phi) is 3.03. The molecule has 0 unspecified atom stereocenters. The maximum absolute atomic E-state index is 5.43. The van der Waals surface area contributed by atoms with Gasteiger partial charge in [0.1, 0.15) is 5.01 Å². The molecule has 7 nitrogen and oxygen atoms in total. The number of rotatable bonds is 2. The zero-order valence-electron chi connectivity index (χ0n) is 12.0. The van der Waals surface area contributed by atoms with Gasteiger partial charge in [-0.1, -0.05) is 11.3 Å². The van der Waals surface area contributed by atoms with Crippen LogP contribution in [0.4, 0.5) is 0 Å². The van der Waals surface area contributed by atoms with E-state index < -0.39 is 0 Å². The van der Waals surface area contributed by atoms with Crippen LogP contribution in [-0.4, -0.2) is 31.6 Å². The molecule has 1 aliphatic rings. The van der Waals surface area contributed by atoms with Gasteiger partial charge in [-0.15, -0.1) is 10.2 Å².